The van der Waals surface area contributed by atoms with E-state index in [0.29, 0.717) is 19.6 Å². The molecule has 16 heavy (non-hydrogen) atoms. The van der Waals surface area contributed by atoms with Crippen molar-refractivity contribution < 1.29 is 9.84 Å². The Morgan fingerprint density at radius 3 is 2.56 bits per heavy atom. The fraction of sp³-hybridized carbons (Fsp3) is 0.625. The molecule has 0 radical (unpaired) electrons. The summed E-state index contributed by atoms with van der Waals surface area (Å²) in [7, 11) is 0. The van der Waals surface area contributed by atoms with E-state index in [1.807, 2.05) is 0 Å². The maximum atomic E-state index is 9.97. The van der Waals surface area contributed by atoms with Gasteiger partial charge in [0.05, 0.1) is 6.61 Å². The fourth-order valence-electron chi connectivity index (χ4n) is 1.38. The summed E-state index contributed by atoms with van der Waals surface area (Å²) >= 11 is 11.2. The molecule has 1 atom stereocenters. The minimum Gasteiger partial charge on any atom is -0.386 e. The fourth-order valence-corrected chi connectivity index (χ4v) is 1.75. The van der Waals surface area contributed by atoms with Crippen LogP contribution in [0.25, 0.3) is 0 Å². The number of ether oxygens (including phenoxy) is 1. The second-order valence-corrected chi connectivity index (χ2v) is 4.25. The van der Waals surface area contributed by atoms with Crippen molar-refractivity contribution >= 4 is 29.2 Å². The van der Waals surface area contributed by atoms with Gasteiger partial charge in [-0.3, -0.25) is 0 Å². The van der Waals surface area contributed by atoms with Crippen molar-refractivity contribution in [2.45, 2.75) is 12.0 Å². The molecule has 1 aliphatic heterocycles. The molecule has 0 bridgehead atoms. The van der Waals surface area contributed by atoms with Gasteiger partial charge in [-0.25, -0.2) is 0 Å². The molecule has 0 amide bonds. The molecule has 1 saturated heterocycles. The molecule has 0 aromatic carbocycles. The van der Waals surface area contributed by atoms with E-state index in [1.54, 1.807) is 0 Å². The first-order valence-electron chi connectivity index (χ1n) is 4.68. The van der Waals surface area contributed by atoms with Crippen LogP contribution in [0, 0.1) is 0 Å². The zero-order valence-corrected chi connectivity index (χ0v) is 9.79. The molecule has 2 heterocycles. The van der Waals surface area contributed by atoms with E-state index in [1.165, 1.54) is 0 Å². The number of nitrogens with zero attached hydrogens (tertiary/aromatic N) is 3. The first kappa shape index (κ1) is 11.8. The molecule has 0 aliphatic carbocycles. The molecule has 8 heteroatoms. The third-order valence-corrected chi connectivity index (χ3v) is 2.58. The molecule has 0 spiro atoms. The van der Waals surface area contributed by atoms with Crippen molar-refractivity contribution in [2.24, 2.45) is 0 Å². The van der Waals surface area contributed by atoms with Gasteiger partial charge in [0.25, 0.3) is 0 Å². The van der Waals surface area contributed by atoms with Crippen molar-refractivity contribution in [3.63, 3.8) is 0 Å². The number of anilines is 1. The number of halogens is 2. The number of aromatic nitrogens is 3. The second kappa shape index (κ2) is 4.67. The summed E-state index contributed by atoms with van der Waals surface area (Å²) in [6.45, 7) is 1.13. The lowest BCUT2D eigenvalue weighted by molar-refractivity contribution is 0.0380. The Balaban J connectivity index is 1.98. The molecule has 1 aliphatic rings. The first-order valence-corrected chi connectivity index (χ1v) is 5.44. The van der Waals surface area contributed by atoms with E-state index < -0.39 is 5.60 Å². The summed E-state index contributed by atoms with van der Waals surface area (Å²) in [5.41, 5.74) is -0.883. The van der Waals surface area contributed by atoms with E-state index in [4.69, 9.17) is 27.9 Å². The van der Waals surface area contributed by atoms with E-state index in [0.717, 1.165) is 0 Å². The number of aliphatic hydroxyl groups is 1. The highest BCUT2D eigenvalue weighted by Crippen LogP contribution is 2.19. The van der Waals surface area contributed by atoms with Gasteiger partial charge in [-0.2, -0.15) is 15.0 Å². The Hall–Kier alpha value is -0.690. The average Bonchev–Trinajstić information content (AvgIpc) is 2.62. The molecule has 88 valence electrons. The van der Waals surface area contributed by atoms with Crippen LogP contribution in [0.4, 0.5) is 5.95 Å². The highest BCUT2D eigenvalue weighted by Gasteiger charge is 2.32. The smallest absolute Gasteiger partial charge is 0.228 e. The standard InChI is InChI=1S/C8H10Cl2N4O2/c9-5-12-6(10)14-7(13-5)11-3-8(15)1-2-16-4-8/h15H,1-4H2,(H,11,12,13,14). The van der Waals surface area contributed by atoms with Crippen molar-refractivity contribution in [3.05, 3.63) is 10.6 Å². The Morgan fingerprint density at radius 1 is 1.31 bits per heavy atom. The van der Waals surface area contributed by atoms with Gasteiger partial charge in [-0.1, -0.05) is 0 Å². The van der Waals surface area contributed by atoms with Crippen LogP contribution in [0.5, 0.6) is 0 Å². The SMILES string of the molecule is OC1(CNc2nc(Cl)nc(Cl)n2)CCOC1. The van der Waals surface area contributed by atoms with Crippen LogP contribution in [0.1, 0.15) is 6.42 Å². The van der Waals surface area contributed by atoms with Crippen LogP contribution in [0.2, 0.25) is 10.6 Å². The van der Waals surface area contributed by atoms with Gasteiger partial charge in [-0.15, -0.1) is 0 Å². The summed E-state index contributed by atoms with van der Waals surface area (Å²) in [6, 6.07) is 0. The van der Waals surface area contributed by atoms with Crippen LogP contribution in [0.15, 0.2) is 0 Å². The predicted octanol–water partition coefficient (Wildman–Crippen LogP) is 0.742. The molecule has 1 fully saturated rings. The zero-order chi connectivity index (χ0) is 11.6. The molecule has 2 rings (SSSR count). The quantitative estimate of drug-likeness (QED) is 0.839. The number of hydrogen-bond acceptors (Lipinski definition) is 6. The number of rotatable bonds is 3. The molecular formula is C8H10Cl2N4O2. The lowest BCUT2D eigenvalue weighted by Gasteiger charge is -2.20. The van der Waals surface area contributed by atoms with Crippen LogP contribution >= 0.6 is 23.2 Å². The Labute approximate surface area is 102 Å². The predicted molar refractivity (Wildman–Crippen MR) is 58.7 cm³/mol. The van der Waals surface area contributed by atoms with Crippen LogP contribution in [0.3, 0.4) is 0 Å². The molecule has 1 aromatic rings. The van der Waals surface area contributed by atoms with Gasteiger partial charge in [-0.05, 0) is 23.2 Å². The minimum atomic E-state index is -0.883. The highest BCUT2D eigenvalue weighted by molar-refractivity contribution is 6.31. The number of nitrogens with one attached hydrogen (secondary N) is 1. The third-order valence-electron chi connectivity index (χ3n) is 2.24. The Morgan fingerprint density at radius 2 is 2.00 bits per heavy atom. The van der Waals surface area contributed by atoms with Gasteiger partial charge in [0.1, 0.15) is 5.60 Å². The summed E-state index contributed by atoms with van der Waals surface area (Å²) < 4.78 is 5.10. The van der Waals surface area contributed by atoms with Gasteiger partial charge >= 0.3 is 0 Å². The van der Waals surface area contributed by atoms with E-state index >= 15 is 0 Å². The minimum absolute atomic E-state index is 0.0113. The van der Waals surface area contributed by atoms with Crippen molar-refractivity contribution in [1.82, 2.24) is 15.0 Å². The summed E-state index contributed by atoms with van der Waals surface area (Å²) in [5, 5.41) is 12.8. The van der Waals surface area contributed by atoms with Crippen LogP contribution in [-0.2, 0) is 4.74 Å². The van der Waals surface area contributed by atoms with Crippen molar-refractivity contribution in [3.8, 4) is 0 Å². The zero-order valence-electron chi connectivity index (χ0n) is 8.28. The average molecular weight is 265 g/mol. The summed E-state index contributed by atoms with van der Waals surface area (Å²) in [5.74, 6) is 0.241. The number of hydrogen-bond donors (Lipinski definition) is 2. The molecular weight excluding hydrogens is 255 g/mol. The first-order chi connectivity index (χ1) is 7.57. The molecule has 0 saturated carbocycles. The Kier molecular flexibility index (Phi) is 3.44. The van der Waals surface area contributed by atoms with Crippen LogP contribution in [-0.4, -0.2) is 45.4 Å². The van der Waals surface area contributed by atoms with Crippen LogP contribution < -0.4 is 5.32 Å². The van der Waals surface area contributed by atoms with Gasteiger partial charge < -0.3 is 15.2 Å². The lowest BCUT2D eigenvalue weighted by Crippen LogP contribution is -2.37. The summed E-state index contributed by atoms with van der Waals surface area (Å²) in [6.07, 6.45) is 0.576. The van der Waals surface area contributed by atoms with Crippen molar-refractivity contribution in [2.75, 3.05) is 25.1 Å². The molecule has 6 nitrogen and oxygen atoms in total. The maximum Gasteiger partial charge on any atom is 0.228 e. The van der Waals surface area contributed by atoms with E-state index in [-0.39, 0.29) is 23.1 Å². The van der Waals surface area contributed by atoms with E-state index in [2.05, 4.69) is 20.3 Å². The summed E-state index contributed by atoms with van der Waals surface area (Å²) in [4.78, 5) is 11.3. The molecule has 1 aromatic heterocycles. The largest absolute Gasteiger partial charge is 0.386 e. The molecule has 2 N–H and O–H groups in total. The third kappa shape index (κ3) is 2.91. The topological polar surface area (TPSA) is 80.2 Å². The normalized spacial score (nSPS) is 24.7. The highest BCUT2D eigenvalue weighted by atomic mass is 35.5. The van der Waals surface area contributed by atoms with Gasteiger partial charge in [0.15, 0.2) is 0 Å². The van der Waals surface area contributed by atoms with Gasteiger partial charge in [0.2, 0.25) is 16.5 Å². The Bertz CT molecular complexity index is 364. The van der Waals surface area contributed by atoms with Crippen molar-refractivity contribution in [1.29, 1.82) is 0 Å². The van der Waals surface area contributed by atoms with E-state index in [9.17, 15) is 5.11 Å². The second-order valence-electron chi connectivity index (χ2n) is 3.58. The monoisotopic (exact) mass is 264 g/mol. The lowest BCUT2D eigenvalue weighted by atomic mass is 10.0. The molecule has 1 unspecified atom stereocenters. The maximum absolute atomic E-state index is 9.97. The van der Waals surface area contributed by atoms with Gasteiger partial charge in [0, 0.05) is 19.6 Å².